The van der Waals surface area contributed by atoms with Gasteiger partial charge in [0.05, 0.1) is 0 Å². The average molecular weight is 271 g/mol. The van der Waals surface area contributed by atoms with Gasteiger partial charge in [-0.15, -0.1) is 0 Å². The molecule has 1 aliphatic carbocycles. The molecule has 1 fully saturated rings. The van der Waals surface area contributed by atoms with Gasteiger partial charge in [-0.3, -0.25) is 14.4 Å². The first kappa shape index (κ1) is 14.2. The number of hydrogen-bond donors (Lipinski definition) is 1. The van der Waals surface area contributed by atoms with Crippen LogP contribution in [0.15, 0.2) is 42.6 Å². The summed E-state index contributed by atoms with van der Waals surface area (Å²) >= 11 is 0. The normalized spacial score (nSPS) is 16.0. The van der Waals surface area contributed by atoms with Crippen molar-refractivity contribution in [1.82, 2.24) is 5.32 Å². The molecule has 0 heterocycles. The predicted octanol–water partition coefficient (Wildman–Crippen LogP) is 1.45. The summed E-state index contributed by atoms with van der Waals surface area (Å²) in [4.78, 5) is 34.5. The van der Waals surface area contributed by atoms with Crippen molar-refractivity contribution in [1.29, 1.82) is 0 Å². The van der Waals surface area contributed by atoms with Crippen LogP contribution in [0.5, 0.6) is 0 Å². The van der Waals surface area contributed by atoms with Crippen molar-refractivity contribution >= 4 is 17.3 Å². The highest BCUT2D eigenvalue weighted by Gasteiger charge is 2.37. The van der Waals surface area contributed by atoms with E-state index in [1.54, 1.807) is 0 Å². The number of ketones is 3. The Kier molecular flexibility index (Phi) is 4.82. The Hall–Kier alpha value is -2.23. The maximum absolute atomic E-state index is 11.7. The first-order chi connectivity index (χ1) is 9.68. The standard InChI is InChI=1S/C16H17NO3/c18-13-6-7-14(19)16(13)15(20)9-11-17-10-8-12-4-2-1-3-5-12/h1-5,9,11,16-17H,6-8,10H2. The summed E-state index contributed by atoms with van der Waals surface area (Å²) in [6, 6.07) is 9.99. The highest BCUT2D eigenvalue weighted by Crippen LogP contribution is 2.18. The number of allylic oxidation sites excluding steroid dienone is 1. The van der Waals surface area contributed by atoms with Crippen LogP contribution in [0.1, 0.15) is 18.4 Å². The Morgan fingerprint density at radius 1 is 1.15 bits per heavy atom. The summed E-state index contributed by atoms with van der Waals surface area (Å²) in [5.41, 5.74) is 1.21. The summed E-state index contributed by atoms with van der Waals surface area (Å²) in [5, 5.41) is 2.99. The van der Waals surface area contributed by atoms with Crippen LogP contribution in [0, 0.1) is 5.92 Å². The van der Waals surface area contributed by atoms with Crippen LogP contribution in [0.4, 0.5) is 0 Å². The van der Waals surface area contributed by atoms with Crippen LogP contribution in [0.2, 0.25) is 0 Å². The lowest BCUT2D eigenvalue weighted by atomic mass is 10.0. The Morgan fingerprint density at radius 2 is 1.80 bits per heavy atom. The van der Waals surface area contributed by atoms with Gasteiger partial charge in [-0.25, -0.2) is 0 Å². The van der Waals surface area contributed by atoms with Gasteiger partial charge < -0.3 is 5.32 Å². The number of hydrogen-bond acceptors (Lipinski definition) is 4. The van der Waals surface area contributed by atoms with Crippen LogP contribution in [-0.4, -0.2) is 23.9 Å². The second kappa shape index (κ2) is 6.80. The molecule has 20 heavy (non-hydrogen) atoms. The van der Waals surface area contributed by atoms with Gasteiger partial charge >= 0.3 is 0 Å². The molecule has 104 valence electrons. The summed E-state index contributed by atoms with van der Waals surface area (Å²) < 4.78 is 0. The van der Waals surface area contributed by atoms with Gasteiger partial charge in [-0.05, 0) is 18.1 Å². The molecule has 4 heteroatoms. The topological polar surface area (TPSA) is 63.2 Å². The molecule has 0 unspecified atom stereocenters. The largest absolute Gasteiger partial charge is 0.390 e. The van der Waals surface area contributed by atoms with Crippen LogP contribution < -0.4 is 5.32 Å². The molecule has 0 radical (unpaired) electrons. The predicted molar refractivity (Wildman–Crippen MR) is 75.0 cm³/mol. The zero-order valence-electron chi connectivity index (χ0n) is 11.2. The van der Waals surface area contributed by atoms with Gasteiger partial charge in [0.15, 0.2) is 17.3 Å². The monoisotopic (exact) mass is 271 g/mol. The zero-order chi connectivity index (χ0) is 14.4. The quantitative estimate of drug-likeness (QED) is 0.483. The lowest BCUT2D eigenvalue weighted by Crippen LogP contribution is -2.23. The van der Waals surface area contributed by atoms with Crippen molar-refractivity contribution in [2.24, 2.45) is 5.92 Å². The minimum Gasteiger partial charge on any atom is -0.390 e. The van der Waals surface area contributed by atoms with Crippen LogP contribution in [-0.2, 0) is 20.8 Å². The van der Waals surface area contributed by atoms with E-state index in [9.17, 15) is 14.4 Å². The zero-order valence-corrected chi connectivity index (χ0v) is 11.2. The molecule has 1 aliphatic rings. The van der Waals surface area contributed by atoms with Crippen LogP contribution in [0.3, 0.4) is 0 Å². The lowest BCUT2D eigenvalue weighted by Gasteiger charge is -2.03. The molecule has 0 saturated heterocycles. The fourth-order valence-corrected chi connectivity index (χ4v) is 2.21. The number of nitrogens with one attached hydrogen (secondary N) is 1. The van der Waals surface area contributed by atoms with Crippen molar-refractivity contribution in [3.05, 3.63) is 48.2 Å². The third kappa shape index (κ3) is 3.63. The highest BCUT2D eigenvalue weighted by atomic mass is 16.2. The molecule has 0 bridgehead atoms. The van der Waals surface area contributed by atoms with Crippen molar-refractivity contribution in [2.75, 3.05) is 6.54 Å². The number of benzene rings is 1. The summed E-state index contributed by atoms with van der Waals surface area (Å²) in [5.74, 6) is -1.98. The molecule has 0 spiro atoms. The maximum atomic E-state index is 11.7. The Labute approximate surface area is 117 Å². The molecule has 1 aromatic rings. The second-order valence-corrected chi connectivity index (χ2v) is 4.79. The molecule has 0 aromatic heterocycles. The Bertz CT molecular complexity index is 518. The van der Waals surface area contributed by atoms with E-state index in [2.05, 4.69) is 5.32 Å². The first-order valence-corrected chi connectivity index (χ1v) is 6.71. The summed E-state index contributed by atoms with van der Waals surface area (Å²) in [6.07, 6.45) is 4.05. The SMILES string of the molecule is O=C(C=CNCCc1ccccc1)C1C(=O)CCC1=O. The number of carbonyl (C=O) groups is 3. The van der Waals surface area contributed by atoms with Gasteiger partial charge in [0, 0.05) is 25.6 Å². The minimum atomic E-state index is -1.05. The minimum absolute atomic E-state index is 0.199. The lowest BCUT2D eigenvalue weighted by molar-refractivity contribution is -0.133. The molecule has 1 saturated carbocycles. The van der Waals surface area contributed by atoms with Gasteiger partial charge in [0.1, 0.15) is 5.92 Å². The van der Waals surface area contributed by atoms with E-state index in [4.69, 9.17) is 0 Å². The third-order valence-electron chi connectivity index (χ3n) is 3.31. The molecular weight excluding hydrogens is 254 g/mol. The smallest absolute Gasteiger partial charge is 0.175 e. The van der Waals surface area contributed by atoms with E-state index in [-0.39, 0.29) is 24.4 Å². The van der Waals surface area contributed by atoms with Crippen molar-refractivity contribution < 1.29 is 14.4 Å². The molecule has 4 nitrogen and oxygen atoms in total. The summed E-state index contributed by atoms with van der Waals surface area (Å²) in [6.45, 7) is 0.695. The van der Waals surface area contributed by atoms with Gasteiger partial charge in [0.25, 0.3) is 0 Å². The van der Waals surface area contributed by atoms with E-state index in [1.165, 1.54) is 17.8 Å². The fourth-order valence-electron chi connectivity index (χ4n) is 2.21. The molecule has 0 amide bonds. The number of Topliss-reactive ketones (excluding diaryl/α,β-unsaturated/α-hetero) is 2. The Balaban J connectivity index is 1.75. The van der Waals surface area contributed by atoms with Crippen molar-refractivity contribution in [3.8, 4) is 0 Å². The maximum Gasteiger partial charge on any atom is 0.175 e. The molecule has 2 rings (SSSR count). The fraction of sp³-hybridized carbons (Fsp3) is 0.312. The molecule has 1 aromatic carbocycles. The molecule has 0 aliphatic heterocycles. The van der Waals surface area contributed by atoms with E-state index >= 15 is 0 Å². The van der Waals surface area contributed by atoms with Gasteiger partial charge in [0.2, 0.25) is 0 Å². The van der Waals surface area contributed by atoms with E-state index in [0.29, 0.717) is 6.54 Å². The molecule has 0 atom stereocenters. The van der Waals surface area contributed by atoms with Crippen molar-refractivity contribution in [2.45, 2.75) is 19.3 Å². The van der Waals surface area contributed by atoms with Crippen LogP contribution >= 0.6 is 0 Å². The third-order valence-corrected chi connectivity index (χ3v) is 3.31. The number of rotatable bonds is 6. The van der Waals surface area contributed by atoms with Gasteiger partial charge in [-0.1, -0.05) is 30.3 Å². The average Bonchev–Trinajstić information content (AvgIpc) is 2.79. The molecule has 1 N–H and O–H groups in total. The number of carbonyl (C=O) groups excluding carboxylic acids is 3. The summed E-state index contributed by atoms with van der Waals surface area (Å²) in [7, 11) is 0. The Morgan fingerprint density at radius 3 is 2.45 bits per heavy atom. The van der Waals surface area contributed by atoms with Crippen molar-refractivity contribution in [3.63, 3.8) is 0 Å². The van der Waals surface area contributed by atoms with E-state index in [0.717, 1.165) is 6.42 Å². The van der Waals surface area contributed by atoms with E-state index in [1.807, 2.05) is 30.3 Å². The van der Waals surface area contributed by atoms with Gasteiger partial charge in [-0.2, -0.15) is 0 Å². The molecular formula is C16H17NO3. The van der Waals surface area contributed by atoms with Crippen LogP contribution in [0.25, 0.3) is 0 Å². The highest BCUT2D eigenvalue weighted by molar-refractivity contribution is 6.25. The van der Waals surface area contributed by atoms with E-state index < -0.39 is 11.7 Å². The second-order valence-electron chi connectivity index (χ2n) is 4.79. The first-order valence-electron chi connectivity index (χ1n) is 6.71.